The summed E-state index contributed by atoms with van der Waals surface area (Å²) in [6.45, 7) is 0.223. The van der Waals surface area contributed by atoms with E-state index in [0.717, 1.165) is 12.0 Å². The third-order valence-electron chi connectivity index (χ3n) is 2.82. The molecule has 0 unspecified atom stereocenters. The number of ether oxygens (including phenoxy) is 1. The van der Waals surface area contributed by atoms with Crippen molar-refractivity contribution in [1.29, 1.82) is 0 Å². The molecule has 0 fully saturated rings. The Morgan fingerprint density at radius 1 is 1.00 bits per heavy atom. The van der Waals surface area contributed by atoms with E-state index < -0.39 is 24.3 Å². The summed E-state index contributed by atoms with van der Waals surface area (Å²) in [5.41, 5.74) is 1.13. The molecule has 116 valence electrons. The molecular formula is C15H17F3O3. The average Bonchev–Trinajstić information content (AvgIpc) is 2.43. The maximum absolute atomic E-state index is 11.9. The van der Waals surface area contributed by atoms with Gasteiger partial charge < -0.3 is 4.74 Å². The summed E-state index contributed by atoms with van der Waals surface area (Å²) in [4.78, 5) is 21.9. The molecule has 0 spiro atoms. The second-order valence-corrected chi connectivity index (χ2v) is 4.58. The Morgan fingerprint density at radius 3 is 2.29 bits per heavy atom. The Labute approximate surface area is 121 Å². The summed E-state index contributed by atoms with van der Waals surface area (Å²) in [5.74, 6) is -2.38. The monoisotopic (exact) mass is 302 g/mol. The van der Waals surface area contributed by atoms with Gasteiger partial charge in [0.15, 0.2) is 0 Å². The van der Waals surface area contributed by atoms with E-state index in [1.165, 1.54) is 0 Å². The van der Waals surface area contributed by atoms with Crippen LogP contribution in [0.5, 0.6) is 0 Å². The van der Waals surface area contributed by atoms with E-state index in [2.05, 4.69) is 0 Å². The maximum atomic E-state index is 11.9. The Balaban J connectivity index is 2.08. The van der Waals surface area contributed by atoms with Crippen LogP contribution in [0, 0.1) is 0 Å². The van der Waals surface area contributed by atoms with E-state index in [0.29, 0.717) is 6.42 Å². The van der Waals surface area contributed by atoms with Crippen molar-refractivity contribution in [2.45, 2.75) is 38.3 Å². The van der Waals surface area contributed by atoms with E-state index in [9.17, 15) is 22.8 Å². The summed E-state index contributed by atoms with van der Waals surface area (Å²) in [6.07, 6.45) is -4.40. The molecule has 0 atom stereocenters. The minimum Gasteiger partial charge on any atom is -0.466 e. The number of benzene rings is 1. The molecule has 0 radical (unpaired) electrons. The van der Waals surface area contributed by atoms with Crippen molar-refractivity contribution in [2.24, 2.45) is 0 Å². The number of Topliss-reactive ketones (excluding diaryl/α,β-unsaturated/α-hetero) is 1. The molecule has 1 aromatic rings. The Bertz CT molecular complexity index is 455. The first kappa shape index (κ1) is 17.2. The maximum Gasteiger partial charge on any atom is 0.449 e. The number of alkyl halides is 3. The molecule has 0 N–H and O–H groups in total. The van der Waals surface area contributed by atoms with E-state index in [1.54, 1.807) is 0 Å². The van der Waals surface area contributed by atoms with Crippen LogP contribution in [0.2, 0.25) is 0 Å². The number of halogens is 3. The zero-order chi connectivity index (χ0) is 15.7. The van der Waals surface area contributed by atoms with Gasteiger partial charge in [0.2, 0.25) is 5.78 Å². The molecule has 1 aromatic carbocycles. The number of carbonyl (C=O) groups is 2. The molecular weight excluding hydrogens is 285 g/mol. The van der Waals surface area contributed by atoms with E-state index in [1.807, 2.05) is 30.3 Å². The third kappa shape index (κ3) is 7.48. The summed E-state index contributed by atoms with van der Waals surface area (Å²) in [7, 11) is 0. The number of aryl methyl sites for hydroxylation is 1. The quantitative estimate of drug-likeness (QED) is 0.545. The number of carbonyl (C=O) groups excluding carboxylic acids is 2. The van der Waals surface area contributed by atoms with Gasteiger partial charge in [-0.1, -0.05) is 30.3 Å². The Kier molecular flexibility index (Phi) is 6.91. The van der Waals surface area contributed by atoms with Crippen LogP contribution in [0.1, 0.15) is 31.2 Å². The van der Waals surface area contributed by atoms with Gasteiger partial charge in [-0.15, -0.1) is 0 Å². The van der Waals surface area contributed by atoms with Crippen LogP contribution in [0.25, 0.3) is 0 Å². The van der Waals surface area contributed by atoms with Gasteiger partial charge in [-0.3, -0.25) is 9.59 Å². The predicted molar refractivity (Wildman–Crippen MR) is 70.6 cm³/mol. The van der Waals surface area contributed by atoms with Crippen molar-refractivity contribution in [3.63, 3.8) is 0 Å². The SMILES string of the molecule is O=C(CCCC(=O)C(F)(F)F)OCCCc1ccccc1. The fourth-order valence-corrected chi connectivity index (χ4v) is 1.71. The Morgan fingerprint density at radius 2 is 1.67 bits per heavy atom. The van der Waals surface area contributed by atoms with E-state index in [-0.39, 0.29) is 19.4 Å². The van der Waals surface area contributed by atoms with Gasteiger partial charge in [0.25, 0.3) is 0 Å². The fourth-order valence-electron chi connectivity index (χ4n) is 1.71. The summed E-state index contributed by atoms with van der Waals surface area (Å²) in [6, 6.07) is 9.67. The summed E-state index contributed by atoms with van der Waals surface area (Å²) < 4.78 is 40.7. The van der Waals surface area contributed by atoms with Crippen LogP contribution < -0.4 is 0 Å². The number of rotatable bonds is 8. The molecule has 0 amide bonds. The topological polar surface area (TPSA) is 43.4 Å². The molecule has 0 aliphatic carbocycles. The van der Waals surface area contributed by atoms with Crippen LogP contribution in [0.4, 0.5) is 13.2 Å². The van der Waals surface area contributed by atoms with Crippen LogP contribution >= 0.6 is 0 Å². The molecule has 0 saturated heterocycles. The lowest BCUT2D eigenvalue weighted by Gasteiger charge is -2.06. The molecule has 0 aromatic heterocycles. The van der Waals surface area contributed by atoms with Gasteiger partial charge in [0, 0.05) is 12.8 Å². The first-order valence-electron chi connectivity index (χ1n) is 6.69. The van der Waals surface area contributed by atoms with Gasteiger partial charge in [-0.05, 0) is 24.8 Å². The Hall–Kier alpha value is -1.85. The van der Waals surface area contributed by atoms with Crippen molar-refractivity contribution in [1.82, 2.24) is 0 Å². The van der Waals surface area contributed by atoms with E-state index >= 15 is 0 Å². The fraction of sp³-hybridized carbons (Fsp3) is 0.467. The molecule has 0 saturated carbocycles. The zero-order valence-corrected chi connectivity index (χ0v) is 11.5. The minimum absolute atomic E-state index is 0.143. The highest BCUT2D eigenvalue weighted by atomic mass is 19.4. The first-order valence-corrected chi connectivity index (χ1v) is 6.69. The van der Waals surface area contributed by atoms with Crippen LogP contribution in [-0.4, -0.2) is 24.5 Å². The standard InChI is InChI=1S/C15H17F3O3/c16-15(17,18)13(19)9-4-10-14(20)21-11-5-8-12-6-2-1-3-7-12/h1-3,6-7H,4-5,8-11H2. The second kappa shape index (κ2) is 8.44. The normalized spacial score (nSPS) is 11.2. The van der Waals surface area contributed by atoms with Crippen molar-refractivity contribution in [2.75, 3.05) is 6.61 Å². The van der Waals surface area contributed by atoms with Crippen molar-refractivity contribution >= 4 is 11.8 Å². The van der Waals surface area contributed by atoms with Crippen molar-refractivity contribution < 1.29 is 27.5 Å². The third-order valence-corrected chi connectivity index (χ3v) is 2.82. The number of ketones is 1. The lowest BCUT2D eigenvalue weighted by Crippen LogP contribution is -2.22. The van der Waals surface area contributed by atoms with Crippen LogP contribution in [0.3, 0.4) is 0 Å². The van der Waals surface area contributed by atoms with Gasteiger partial charge >= 0.3 is 12.1 Å². The van der Waals surface area contributed by atoms with Crippen LogP contribution in [-0.2, 0) is 20.7 Å². The lowest BCUT2D eigenvalue weighted by atomic mass is 10.1. The first-order chi connectivity index (χ1) is 9.89. The number of hydrogen-bond donors (Lipinski definition) is 0. The molecule has 3 nitrogen and oxygen atoms in total. The van der Waals surface area contributed by atoms with Crippen LogP contribution in [0.15, 0.2) is 30.3 Å². The smallest absolute Gasteiger partial charge is 0.449 e. The highest BCUT2D eigenvalue weighted by molar-refractivity contribution is 5.84. The number of esters is 1. The molecule has 0 aliphatic heterocycles. The molecule has 6 heteroatoms. The predicted octanol–water partition coefficient (Wildman–Crippen LogP) is 3.46. The van der Waals surface area contributed by atoms with Gasteiger partial charge in [-0.25, -0.2) is 0 Å². The summed E-state index contributed by atoms with van der Waals surface area (Å²) in [5, 5.41) is 0. The molecule has 0 aliphatic rings. The molecule has 0 bridgehead atoms. The van der Waals surface area contributed by atoms with Gasteiger partial charge in [0.05, 0.1) is 6.61 Å². The van der Waals surface area contributed by atoms with Crippen molar-refractivity contribution in [3.8, 4) is 0 Å². The zero-order valence-electron chi connectivity index (χ0n) is 11.5. The van der Waals surface area contributed by atoms with Gasteiger partial charge in [-0.2, -0.15) is 13.2 Å². The number of hydrogen-bond acceptors (Lipinski definition) is 3. The average molecular weight is 302 g/mol. The van der Waals surface area contributed by atoms with Gasteiger partial charge in [0.1, 0.15) is 0 Å². The molecule has 21 heavy (non-hydrogen) atoms. The molecule has 1 rings (SSSR count). The largest absolute Gasteiger partial charge is 0.466 e. The second-order valence-electron chi connectivity index (χ2n) is 4.58. The minimum atomic E-state index is -4.82. The highest BCUT2D eigenvalue weighted by Crippen LogP contribution is 2.19. The van der Waals surface area contributed by atoms with E-state index in [4.69, 9.17) is 4.74 Å². The summed E-state index contributed by atoms with van der Waals surface area (Å²) >= 11 is 0. The molecule has 0 heterocycles. The highest BCUT2D eigenvalue weighted by Gasteiger charge is 2.37. The lowest BCUT2D eigenvalue weighted by molar-refractivity contribution is -0.171. The van der Waals surface area contributed by atoms with Crippen molar-refractivity contribution in [3.05, 3.63) is 35.9 Å².